The summed E-state index contributed by atoms with van der Waals surface area (Å²) >= 11 is 0. The molecule has 0 aliphatic carbocycles. The maximum Gasteiger partial charge on any atom is 0.304 e. The second-order valence-corrected chi connectivity index (χ2v) is 4.67. The monoisotopic (exact) mass is 264 g/mol. The van der Waals surface area contributed by atoms with Crippen LogP contribution in [0.15, 0.2) is 30.3 Å². The van der Waals surface area contributed by atoms with Gasteiger partial charge in [0.2, 0.25) is 5.91 Å². The van der Waals surface area contributed by atoms with Gasteiger partial charge < -0.3 is 10.0 Å². The molecular weight excluding hydrogens is 244 g/mol. The van der Waals surface area contributed by atoms with E-state index in [2.05, 4.69) is 0 Å². The Hall–Kier alpha value is -1.88. The highest BCUT2D eigenvalue weighted by Gasteiger charge is 2.26. The van der Waals surface area contributed by atoms with Gasteiger partial charge in [0.1, 0.15) is 6.04 Å². The number of likely N-dealkylation sites (N-methyl/N-ethyl adjacent to an activating group) is 2. The van der Waals surface area contributed by atoms with Crippen molar-refractivity contribution in [3.8, 4) is 0 Å². The van der Waals surface area contributed by atoms with Gasteiger partial charge in [0.05, 0.1) is 6.42 Å². The lowest BCUT2D eigenvalue weighted by atomic mass is 10.0. The van der Waals surface area contributed by atoms with Crippen molar-refractivity contribution in [2.45, 2.75) is 12.5 Å². The van der Waals surface area contributed by atoms with Crippen LogP contribution in [-0.2, 0) is 9.59 Å². The molecule has 0 fully saturated rings. The lowest BCUT2D eigenvalue weighted by Crippen LogP contribution is -2.39. The Morgan fingerprint density at radius 3 is 2.21 bits per heavy atom. The number of nitrogens with zero attached hydrogens (tertiary/aromatic N) is 2. The molecule has 1 amide bonds. The number of carbonyl (C=O) groups is 2. The maximum atomic E-state index is 12.3. The van der Waals surface area contributed by atoms with E-state index in [4.69, 9.17) is 5.11 Å². The van der Waals surface area contributed by atoms with E-state index in [0.29, 0.717) is 6.54 Å². The van der Waals surface area contributed by atoms with Crippen molar-refractivity contribution in [1.82, 2.24) is 9.80 Å². The number of carbonyl (C=O) groups excluding carboxylic acids is 1. The molecule has 0 aromatic heterocycles. The Bertz CT molecular complexity index is 432. The van der Waals surface area contributed by atoms with Gasteiger partial charge in [-0.2, -0.15) is 0 Å². The molecule has 0 aliphatic heterocycles. The SMILES string of the molecule is CN(C)C(=O)C(c1ccccc1)N(C)CCC(=O)O. The molecule has 0 aliphatic rings. The second kappa shape index (κ2) is 6.89. The van der Waals surface area contributed by atoms with Gasteiger partial charge in [-0.25, -0.2) is 0 Å². The molecule has 0 saturated heterocycles. The van der Waals surface area contributed by atoms with Crippen LogP contribution in [0.25, 0.3) is 0 Å². The Morgan fingerprint density at radius 2 is 1.74 bits per heavy atom. The molecule has 19 heavy (non-hydrogen) atoms. The molecule has 1 unspecified atom stereocenters. The van der Waals surface area contributed by atoms with Crippen LogP contribution in [0.2, 0.25) is 0 Å². The standard InChI is InChI=1S/C14H20N2O3/c1-15(2)14(19)13(11-7-5-4-6-8-11)16(3)10-9-12(17)18/h4-8,13H,9-10H2,1-3H3,(H,17,18). The molecular formula is C14H20N2O3. The van der Waals surface area contributed by atoms with E-state index in [9.17, 15) is 9.59 Å². The fourth-order valence-corrected chi connectivity index (χ4v) is 1.87. The number of carboxylic acids is 1. The third-order valence-corrected chi connectivity index (χ3v) is 2.91. The molecule has 0 radical (unpaired) electrons. The summed E-state index contributed by atoms with van der Waals surface area (Å²) in [5.41, 5.74) is 0.870. The summed E-state index contributed by atoms with van der Waals surface area (Å²) in [5, 5.41) is 8.74. The first-order valence-electron chi connectivity index (χ1n) is 6.11. The van der Waals surface area contributed by atoms with Gasteiger partial charge >= 0.3 is 5.97 Å². The number of carboxylic acid groups (broad SMARTS) is 1. The van der Waals surface area contributed by atoms with Gasteiger partial charge in [0.15, 0.2) is 0 Å². The number of benzene rings is 1. The quantitative estimate of drug-likeness (QED) is 0.839. The van der Waals surface area contributed by atoms with Crippen LogP contribution in [-0.4, -0.2) is 54.5 Å². The molecule has 5 nitrogen and oxygen atoms in total. The summed E-state index contributed by atoms with van der Waals surface area (Å²) in [6.07, 6.45) is 0.0144. The number of hydrogen-bond acceptors (Lipinski definition) is 3. The summed E-state index contributed by atoms with van der Waals surface area (Å²) in [6, 6.07) is 8.94. The zero-order valence-corrected chi connectivity index (χ0v) is 11.5. The zero-order valence-electron chi connectivity index (χ0n) is 11.5. The molecule has 0 spiro atoms. The van der Waals surface area contributed by atoms with E-state index in [-0.39, 0.29) is 12.3 Å². The highest BCUT2D eigenvalue weighted by Crippen LogP contribution is 2.21. The first-order valence-corrected chi connectivity index (χ1v) is 6.11. The van der Waals surface area contributed by atoms with E-state index in [1.165, 1.54) is 4.90 Å². The largest absolute Gasteiger partial charge is 0.481 e. The van der Waals surface area contributed by atoms with Crippen LogP contribution in [0.5, 0.6) is 0 Å². The molecule has 0 saturated carbocycles. The Kier molecular flexibility index (Phi) is 5.51. The molecule has 1 rings (SSSR count). The molecule has 1 aromatic rings. The normalized spacial score (nSPS) is 12.2. The van der Waals surface area contributed by atoms with Crippen LogP contribution in [0.1, 0.15) is 18.0 Å². The predicted octanol–water partition coefficient (Wildman–Crippen LogP) is 1.22. The fraction of sp³-hybridized carbons (Fsp3) is 0.429. The summed E-state index contributed by atoms with van der Waals surface area (Å²) < 4.78 is 0. The number of hydrogen-bond donors (Lipinski definition) is 1. The van der Waals surface area contributed by atoms with E-state index in [0.717, 1.165) is 5.56 Å². The van der Waals surface area contributed by atoms with Gasteiger partial charge in [-0.3, -0.25) is 14.5 Å². The van der Waals surface area contributed by atoms with E-state index >= 15 is 0 Å². The van der Waals surface area contributed by atoms with Crippen molar-refractivity contribution in [1.29, 1.82) is 0 Å². The van der Waals surface area contributed by atoms with Gasteiger partial charge in [0.25, 0.3) is 0 Å². The molecule has 104 valence electrons. The lowest BCUT2D eigenvalue weighted by molar-refractivity contribution is -0.139. The molecule has 0 bridgehead atoms. The van der Waals surface area contributed by atoms with Gasteiger partial charge in [-0.15, -0.1) is 0 Å². The molecule has 1 aromatic carbocycles. The topological polar surface area (TPSA) is 60.9 Å². The Balaban J connectivity index is 2.93. The van der Waals surface area contributed by atoms with Crippen molar-refractivity contribution in [3.63, 3.8) is 0 Å². The van der Waals surface area contributed by atoms with Gasteiger partial charge in [-0.1, -0.05) is 30.3 Å². The molecule has 5 heteroatoms. The van der Waals surface area contributed by atoms with Crippen molar-refractivity contribution in [2.75, 3.05) is 27.7 Å². The number of amides is 1. The third-order valence-electron chi connectivity index (χ3n) is 2.91. The van der Waals surface area contributed by atoms with Crippen LogP contribution in [0.3, 0.4) is 0 Å². The minimum atomic E-state index is -0.865. The summed E-state index contributed by atoms with van der Waals surface area (Å²) in [5.74, 6) is -0.921. The Labute approximate surface area is 113 Å². The fourth-order valence-electron chi connectivity index (χ4n) is 1.87. The minimum absolute atomic E-state index is 0.0144. The second-order valence-electron chi connectivity index (χ2n) is 4.67. The van der Waals surface area contributed by atoms with Crippen LogP contribution < -0.4 is 0 Å². The summed E-state index contributed by atoms with van der Waals surface area (Å²) in [4.78, 5) is 26.2. The number of rotatable bonds is 6. The van der Waals surface area contributed by atoms with Gasteiger partial charge in [-0.05, 0) is 12.6 Å². The first kappa shape index (κ1) is 15.2. The predicted molar refractivity (Wildman–Crippen MR) is 72.8 cm³/mol. The molecule has 1 N–H and O–H groups in total. The van der Waals surface area contributed by atoms with Crippen LogP contribution >= 0.6 is 0 Å². The van der Waals surface area contributed by atoms with E-state index in [1.54, 1.807) is 26.0 Å². The van der Waals surface area contributed by atoms with E-state index < -0.39 is 12.0 Å². The maximum absolute atomic E-state index is 12.3. The third kappa shape index (κ3) is 4.37. The Morgan fingerprint density at radius 1 is 1.16 bits per heavy atom. The lowest BCUT2D eigenvalue weighted by Gasteiger charge is -2.29. The van der Waals surface area contributed by atoms with Crippen LogP contribution in [0.4, 0.5) is 0 Å². The molecule has 1 atom stereocenters. The van der Waals surface area contributed by atoms with Crippen molar-refractivity contribution < 1.29 is 14.7 Å². The van der Waals surface area contributed by atoms with Crippen molar-refractivity contribution in [3.05, 3.63) is 35.9 Å². The van der Waals surface area contributed by atoms with Crippen molar-refractivity contribution in [2.24, 2.45) is 0 Å². The highest BCUT2D eigenvalue weighted by atomic mass is 16.4. The average Bonchev–Trinajstić information content (AvgIpc) is 2.37. The van der Waals surface area contributed by atoms with Crippen LogP contribution in [0, 0.1) is 0 Å². The average molecular weight is 264 g/mol. The smallest absolute Gasteiger partial charge is 0.304 e. The van der Waals surface area contributed by atoms with E-state index in [1.807, 2.05) is 30.3 Å². The summed E-state index contributed by atoms with van der Waals surface area (Å²) in [6.45, 7) is 0.328. The number of aliphatic carboxylic acids is 1. The van der Waals surface area contributed by atoms with Gasteiger partial charge in [0, 0.05) is 20.6 Å². The zero-order chi connectivity index (χ0) is 14.4. The molecule has 0 heterocycles. The summed E-state index contributed by atoms with van der Waals surface area (Å²) in [7, 11) is 5.16. The first-order chi connectivity index (χ1) is 8.93. The minimum Gasteiger partial charge on any atom is -0.481 e. The highest BCUT2D eigenvalue weighted by molar-refractivity contribution is 5.82. The van der Waals surface area contributed by atoms with Crippen molar-refractivity contribution >= 4 is 11.9 Å².